The standard InChI is InChI=1S/C93H175N2O19P/c1-7-13-19-25-31-37-40-46-52-58-64-70-85(99)109-78(67-61-55-49-43-34-28-22-16-10-4)73-83(97)94-81(92(103)104)77-108-93-89(95-84(98)74-79(68-62-56-50-44-35-29-23-17-11-5)110-86(100)71-65-59-53-47-41-38-32-26-20-14-8-2)91(90(82(76-96)112-93)114-115(105,106)107)113-88(102)75-80(69-63-57-51-45-36-30-24-18-12-6)111-87(101)72-66-60-54-48-42-39-33-27-21-15-9-3/h78-82,89-91,93,96H,7-77H2,1-6H3,(H,94,97)(H,95,98)(H,103,104)(H2,105,106,107)/t78-,79-,80-,81+,82-,89+,90-,91+,93-/m1/s1. The maximum absolute atomic E-state index is 15.0. The zero-order valence-electron chi connectivity index (χ0n) is 74.3. The van der Waals surface area contributed by atoms with Crippen molar-refractivity contribution in [3.63, 3.8) is 0 Å². The molecule has 115 heavy (non-hydrogen) atoms. The molecule has 0 spiro atoms. The summed E-state index contributed by atoms with van der Waals surface area (Å²) in [6, 6.07) is -3.60. The van der Waals surface area contributed by atoms with Crippen LogP contribution in [0.1, 0.15) is 485 Å². The van der Waals surface area contributed by atoms with Crippen LogP contribution >= 0.6 is 7.82 Å². The van der Waals surface area contributed by atoms with Crippen molar-refractivity contribution in [2.24, 2.45) is 0 Å². The fourth-order valence-corrected chi connectivity index (χ4v) is 16.2. The first-order chi connectivity index (χ1) is 55.8. The second-order valence-electron chi connectivity index (χ2n) is 33.8. The molecule has 0 bridgehead atoms. The van der Waals surface area contributed by atoms with E-state index >= 15 is 0 Å². The van der Waals surface area contributed by atoms with Gasteiger partial charge in [0, 0.05) is 19.3 Å². The summed E-state index contributed by atoms with van der Waals surface area (Å²) in [5.74, 6) is -5.49. The Morgan fingerprint density at radius 1 is 0.357 bits per heavy atom. The van der Waals surface area contributed by atoms with Crippen LogP contribution in [-0.2, 0) is 71.1 Å². The number of aliphatic carboxylic acids is 1. The van der Waals surface area contributed by atoms with Crippen LogP contribution in [0.3, 0.4) is 0 Å². The Morgan fingerprint density at radius 3 is 0.904 bits per heavy atom. The molecule has 0 aromatic carbocycles. The summed E-state index contributed by atoms with van der Waals surface area (Å²) in [5.41, 5.74) is 0. The number of esters is 4. The number of carboxylic acid groups (broad SMARTS) is 1. The van der Waals surface area contributed by atoms with E-state index in [2.05, 4.69) is 52.2 Å². The number of phosphoric ester groups is 1. The monoisotopic (exact) mass is 1660 g/mol. The fourth-order valence-electron chi connectivity index (χ4n) is 15.6. The Bertz CT molecular complexity index is 2380. The molecule has 22 heteroatoms. The molecule has 1 rings (SSSR count). The molecule has 0 aromatic rings. The van der Waals surface area contributed by atoms with Crippen LogP contribution in [0.2, 0.25) is 0 Å². The first-order valence-corrected chi connectivity index (χ1v) is 49.6. The van der Waals surface area contributed by atoms with Crippen molar-refractivity contribution in [1.29, 1.82) is 0 Å². The smallest absolute Gasteiger partial charge is 0.470 e. The molecule has 0 saturated carbocycles. The van der Waals surface area contributed by atoms with Crippen LogP contribution < -0.4 is 10.6 Å². The number of unbranched alkanes of at least 4 members (excludes halogenated alkanes) is 54. The van der Waals surface area contributed by atoms with Gasteiger partial charge in [0.1, 0.15) is 36.6 Å². The maximum atomic E-state index is 15.0. The van der Waals surface area contributed by atoms with E-state index in [1.165, 1.54) is 161 Å². The summed E-state index contributed by atoms with van der Waals surface area (Å²) < 4.78 is 55.4. The quantitative estimate of drug-likeness (QED) is 0.0143. The molecule has 2 amide bonds. The third-order valence-electron chi connectivity index (χ3n) is 22.7. The zero-order valence-corrected chi connectivity index (χ0v) is 75.2. The summed E-state index contributed by atoms with van der Waals surface area (Å²) in [7, 11) is -5.58. The molecule has 1 fully saturated rings. The van der Waals surface area contributed by atoms with Crippen LogP contribution in [0.25, 0.3) is 0 Å². The van der Waals surface area contributed by atoms with Crippen LogP contribution in [-0.4, -0.2) is 130 Å². The normalized spacial score (nSPS) is 16.7. The minimum atomic E-state index is -5.58. The minimum Gasteiger partial charge on any atom is -0.480 e. The van der Waals surface area contributed by atoms with Crippen molar-refractivity contribution in [1.82, 2.24) is 10.6 Å². The highest BCUT2D eigenvalue weighted by Crippen LogP contribution is 2.43. The molecule has 1 heterocycles. The molecule has 9 atom stereocenters. The number of carboxylic acids is 1. The van der Waals surface area contributed by atoms with Crippen molar-refractivity contribution in [3.8, 4) is 0 Å². The lowest BCUT2D eigenvalue weighted by atomic mass is 9.95. The summed E-state index contributed by atoms with van der Waals surface area (Å²) in [5, 5.41) is 27.2. The largest absolute Gasteiger partial charge is 0.480 e. The van der Waals surface area contributed by atoms with Gasteiger partial charge in [-0.05, 0) is 57.8 Å². The Balaban J connectivity index is 3.83. The lowest BCUT2D eigenvalue weighted by Crippen LogP contribution is -2.66. The van der Waals surface area contributed by atoms with Crippen LogP contribution in [0, 0.1) is 0 Å². The van der Waals surface area contributed by atoms with Crippen LogP contribution in [0.15, 0.2) is 0 Å². The van der Waals surface area contributed by atoms with Gasteiger partial charge in [-0.25, -0.2) is 9.36 Å². The summed E-state index contributed by atoms with van der Waals surface area (Å²) in [6.45, 7) is 11.3. The number of hydrogen-bond donors (Lipinski definition) is 6. The van der Waals surface area contributed by atoms with Crippen molar-refractivity contribution < 1.29 is 91.1 Å². The Labute approximate surface area is 700 Å². The second kappa shape index (κ2) is 77.6. The molecular formula is C93H175N2O19P. The van der Waals surface area contributed by atoms with Gasteiger partial charge in [0.25, 0.3) is 0 Å². The number of carbonyl (C=O) groups excluding carboxylic acids is 6. The van der Waals surface area contributed by atoms with E-state index in [0.29, 0.717) is 57.8 Å². The molecule has 0 unspecified atom stereocenters. The highest BCUT2D eigenvalue weighted by molar-refractivity contribution is 7.46. The molecular weight excluding hydrogens is 1480 g/mol. The number of aliphatic hydroxyl groups is 1. The van der Waals surface area contributed by atoms with Gasteiger partial charge in [0.15, 0.2) is 18.4 Å². The van der Waals surface area contributed by atoms with Gasteiger partial charge in [0.2, 0.25) is 11.8 Å². The van der Waals surface area contributed by atoms with Crippen LogP contribution in [0.4, 0.5) is 0 Å². The Hall–Kier alpha value is -3.72. The first-order valence-electron chi connectivity index (χ1n) is 48.1. The van der Waals surface area contributed by atoms with E-state index in [4.69, 9.17) is 32.9 Å². The lowest BCUT2D eigenvalue weighted by Gasteiger charge is -2.45. The molecule has 0 aliphatic carbocycles. The molecule has 1 saturated heterocycles. The summed E-state index contributed by atoms with van der Waals surface area (Å²) in [4.78, 5) is 119. The van der Waals surface area contributed by atoms with E-state index in [1.54, 1.807) is 0 Å². The van der Waals surface area contributed by atoms with Crippen molar-refractivity contribution >= 4 is 49.5 Å². The summed E-state index contributed by atoms with van der Waals surface area (Å²) >= 11 is 0. The van der Waals surface area contributed by atoms with Crippen molar-refractivity contribution in [2.45, 2.75) is 540 Å². The number of aliphatic hydroxyl groups excluding tert-OH is 1. The fraction of sp³-hybridized carbons (Fsp3) is 0.925. The summed E-state index contributed by atoms with van der Waals surface area (Å²) in [6.07, 6.45) is 53.8. The third kappa shape index (κ3) is 65.7. The van der Waals surface area contributed by atoms with Crippen LogP contribution in [0.5, 0.6) is 0 Å². The van der Waals surface area contributed by atoms with Gasteiger partial charge >= 0.3 is 37.7 Å². The average molecular weight is 1660 g/mol. The number of ether oxygens (including phenoxy) is 6. The molecule has 0 radical (unpaired) electrons. The lowest BCUT2D eigenvalue weighted by molar-refractivity contribution is -0.272. The molecule has 21 nitrogen and oxygen atoms in total. The molecule has 676 valence electrons. The second-order valence-corrected chi connectivity index (χ2v) is 35.0. The number of rotatable bonds is 85. The van der Waals surface area contributed by atoms with Gasteiger partial charge in [-0.2, -0.15) is 0 Å². The van der Waals surface area contributed by atoms with E-state index < -0.39 is 131 Å². The van der Waals surface area contributed by atoms with E-state index in [9.17, 15) is 58.1 Å². The molecule has 1 aliphatic heterocycles. The number of amides is 2. The first kappa shape index (κ1) is 109. The van der Waals surface area contributed by atoms with E-state index in [1.807, 2.05) is 0 Å². The highest BCUT2D eigenvalue weighted by atomic mass is 31.2. The minimum absolute atomic E-state index is 0.128. The van der Waals surface area contributed by atoms with Gasteiger partial charge in [0.05, 0.1) is 32.5 Å². The van der Waals surface area contributed by atoms with Gasteiger partial charge in [-0.1, -0.05) is 388 Å². The molecule has 0 aromatic heterocycles. The molecule has 1 aliphatic rings. The Morgan fingerprint density at radius 2 is 0.626 bits per heavy atom. The number of hydrogen-bond acceptors (Lipinski definition) is 16. The van der Waals surface area contributed by atoms with Gasteiger partial charge in [-0.15, -0.1) is 0 Å². The Kier molecular flexibility index (Phi) is 73.7. The average Bonchev–Trinajstić information content (AvgIpc) is 0.779. The number of carbonyl (C=O) groups is 7. The SMILES string of the molecule is CCCCCCCCCCCCCC(=O)O[C@H](CCCCCCCCCCC)CC(=O)N[C@@H]1[C@H](OC[C@H](NC(=O)C[C@@H](CCCCCCCCCCC)OC(=O)CCCCCCCCCCCCC)C(=O)O)O[C@H](CO)[C@@H](OP(=O)(O)O)[C@H]1OC(=O)C[C@@H](CCCCCCCCCCC)OC(=O)CCCCCCCCCCCCC. The zero-order chi connectivity index (χ0) is 84.3. The van der Waals surface area contributed by atoms with Crippen molar-refractivity contribution in [2.75, 3.05) is 13.2 Å². The number of nitrogens with one attached hydrogen (secondary N) is 2. The van der Waals surface area contributed by atoms with Crippen molar-refractivity contribution in [3.05, 3.63) is 0 Å². The third-order valence-corrected chi connectivity index (χ3v) is 23.2. The highest BCUT2D eigenvalue weighted by Gasteiger charge is 2.53. The van der Waals surface area contributed by atoms with Gasteiger partial charge in [-0.3, -0.25) is 33.3 Å². The maximum Gasteiger partial charge on any atom is 0.470 e. The van der Waals surface area contributed by atoms with E-state index in [0.717, 1.165) is 186 Å². The van der Waals surface area contributed by atoms with Gasteiger partial charge < -0.3 is 59.1 Å². The molecule has 6 N–H and O–H groups in total. The number of phosphoric acid groups is 1. The predicted molar refractivity (Wildman–Crippen MR) is 462 cm³/mol. The topological polar surface area (TPSA) is 306 Å². The van der Waals surface area contributed by atoms with E-state index in [-0.39, 0.29) is 25.7 Å². The predicted octanol–water partition coefficient (Wildman–Crippen LogP) is 23.9.